The molecule has 2 heterocycles. The van der Waals surface area contributed by atoms with E-state index in [1.165, 1.54) is 5.56 Å². The molecule has 0 radical (unpaired) electrons. The van der Waals surface area contributed by atoms with E-state index in [0.29, 0.717) is 12.2 Å². The molecule has 5 heteroatoms. The number of aryl methyl sites for hydroxylation is 1. The largest absolute Gasteiger partial charge is 0.336 e. The summed E-state index contributed by atoms with van der Waals surface area (Å²) in [5.74, 6) is -0.0700. The molecule has 0 bridgehead atoms. The minimum Gasteiger partial charge on any atom is -0.336 e. The summed E-state index contributed by atoms with van der Waals surface area (Å²) < 4.78 is 1.88. The van der Waals surface area contributed by atoms with Crippen LogP contribution in [0, 0.1) is 6.92 Å². The standard InChI is InChI=1S/C20H24N4O/c1-15-8-9-24-14-18(21-19(24)10-15)20(25)23(4)13-17-7-5-6-16(11-17)12-22(2)3/h5-11,14H,12-13H2,1-4H3. The van der Waals surface area contributed by atoms with Gasteiger partial charge in [0.05, 0.1) is 0 Å². The van der Waals surface area contributed by atoms with Crippen molar-refractivity contribution in [1.29, 1.82) is 0 Å². The van der Waals surface area contributed by atoms with E-state index in [9.17, 15) is 4.79 Å². The summed E-state index contributed by atoms with van der Waals surface area (Å²) in [4.78, 5) is 21.0. The predicted octanol–water partition coefficient (Wildman–Crippen LogP) is 2.98. The number of aromatic nitrogens is 2. The molecular weight excluding hydrogens is 312 g/mol. The smallest absolute Gasteiger partial charge is 0.274 e. The molecule has 0 fully saturated rings. The summed E-state index contributed by atoms with van der Waals surface area (Å²) in [5.41, 5.74) is 4.76. The van der Waals surface area contributed by atoms with Gasteiger partial charge in [-0.2, -0.15) is 0 Å². The monoisotopic (exact) mass is 336 g/mol. The molecular formula is C20H24N4O. The van der Waals surface area contributed by atoms with Crippen molar-refractivity contribution in [2.45, 2.75) is 20.0 Å². The number of hydrogen-bond acceptors (Lipinski definition) is 3. The number of benzene rings is 1. The Morgan fingerprint density at radius 2 is 1.80 bits per heavy atom. The van der Waals surface area contributed by atoms with Crippen LogP contribution in [0.15, 0.2) is 48.8 Å². The molecule has 2 aromatic heterocycles. The third-order valence-corrected chi connectivity index (χ3v) is 4.09. The second-order valence-corrected chi connectivity index (χ2v) is 6.81. The highest BCUT2D eigenvalue weighted by molar-refractivity contribution is 5.92. The first kappa shape index (κ1) is 17.2. The molecule has 0 aliphatic heterocycles. The fourth-order valence-corrected chi connectivity index (χ4v) is 2.92. The molecule has 25 heavy (non-hydrogen) atoms. The molecule has 5 nitrogen and oxygen atoms in total. The Balaban J connectivity index is 1.75. The van der Waals surface area contributed by atoms with Crippen LogP contribution in [0.3, 0.4) is 0 Å². The lowest BCUT2D eigenvalue weighted by Gasteiger charge is -2.17. The summed E-state index contributed by atoms with van der Waals surface area (Å²) in [5, 5.41) is 0. The van der Waals surface area contributed by atoms with Crippen molar-refractivity contribution < 1.29 is 4.79 Å². The normalized spacial score (nSPS) is 11.2. The van der Waals surface area contributed by atoms with E-state index in [2.05, 4.69) is 28.1 Å². The van der Waals surface area contributed by atoms with Gasteiger partial charge in [-0.25, -0.2) is 4.98 Å². The molecule has 0 saturated heterocycles. The van der Waals surface area contributed by atoms with Crippen molar-refractivity contribution in [3.05, 3.63) is 71.2 Å². The molecule has 1 aromatic carbocycles. The molecule has 1 amide bonds. The Bertz CT molecular complexity index is 898. The number of hydrogen-bond donors (Lipinski definition) is 0. The zero-order valence-electron chi connectivity index (χ0n) is 15.2. The zero-order chi connectivity index (χ0) is 18.0. The number of amides is 1. The Morgan fingerprint density at radius 1 is 1.08 bits per heavy atom. The minimum atomic E-state index is -0.0700. The van der Waals surface area contributed by atoms with Crippen molar-refractivity contribution in [3.63, 3.8) is 0 Å². The average molecular weight is 336 g/mol. The van der Waals surface area contributed by atoms with Crippen molar-refractivity contribution in [1.82, 2.24) is 19.2 Å². The molecule has 0 spiro atoms. The van der Waals surface area contributed by atoms with Crippen LogP contribution in [-0.4, -0.2) is 46.2 Å². The number of carbonyl (C=O) groups is 1. The lowest BCUT2D eigenvalue weighted by Crippen LogP contribution is -2.26. The van der Waals surface area contributed by atoms with Crippen molar-refractivity contribution in [2.24, 2.45) is 0 Å². The van der Waals surface area contributed by atoms with E-state index in [1.807, 2.05) is 56.9 Å². The van der Waals surface area contributed by atoms with Crippen LogP contribution in [-0.2, 0) is 13.1 Å². The van der Waals surface area contributed by atoms with Crippen LogP contribution in [0.1, 0.15) is 27.2 Å². The fourth-order valence-electron chi connectivity index (χ4n) is 2.92. The van der Waals surface area contributed by atoms with Crippen LogP contribution < -0.4 is 0 Å². The van der Waals surface area contributed by atoms with E-state index in [-0.39, 0.29) is 5.91 Å². The second kappa shape index (κ2) is 7.07. The van der Waals surface area contributed by atoms with Crippen LogP contribution in [0.2, 0.25) is 0 Å². The van der Waals surface area contributed by atoms with Crippen LogP contribution >= 0.6 is 0 Å². The molecule has 130 valence electrons. The second-order valence-electron chi connectivity index (χ2n) is 6.81. The van der Waals surface area contributed by atoms with Crippen LogP contribution in [0.5, 0.6) is 0 Å². The van der Waals surface area contributed by atoms with E-state index < -0.39 is 0 Å². The Morgan fingerprint density at radius 3 is 2.52 bits per heavy atom. The SMILES string of the molecule is Cc1ccn2cc(C(=O)N(C)Cc3cccc(CN(C)C)c3)nc2c1. The maximum Gasteiger partial charge on any atom is 0.274 e. The highest BCUT2D eigenvalue weighted by Gasteiger charge is 2.16. The summed E-state index contributed by atoms with van der Waals surface area (Å²) >= 11 is 0. The highest BCUT2D eigenvalue weighted by Crippen LogP contribution is 2.13. The van der Waals surface area contributed by atoms with Crippen LogP contribution in [0.25, 0.3) is 5.65 Å². The fraction of sp³-hybridized carbons (Fsp3) is 0.300. The maximum absolute atomic E-state index is 12.7. The van der Waals surface area contributed by atoms with Crippen LogP contribution in [0.4, 0.5) is 0 Å². The van der Waals surface area contributed by atoms with Gasteiger partial charge >= 0.3 is 0 Å². The number of imidazole rings is 1. The van der Waals surface area contributed by atoms with E-state index >= 15 is 0 Å². The lowest BCUT2D eigenvalue weighted by molar-refractivity contribution is 0.0780. The topological polar surface area (TPSA) is 40.9 Å². The number of fused-ring (bicyclic) bond motifs is 1. The van der Waals surface area contributed by atoms with Crippen molar-refractivity contribution in [3.8, 4) is 0 Å². The summed E-state index contributed by atoms with van der Waals surface area (Å²) in [7, 11) is 5.91. The van der Waals surface area contributed by atoms with Gasteiger partial charge in [0.1, 0.15) is 11.3 Å². The number of rotatable bonds is 5. The van der Waals surface area contributed by atoms with Crippen molar-refractivity contribution >= 4 is 11.6 Å². The Kier molecular flexibility index (Phi) is 4.86. The van der Waals surface area contributed by atoms with Gasteiger partial charge in [0.25, 0.3) is 5.91 Å². The van der Waals surface area contributed by atoms with Gasteiger partial charge in [0.2, 0.25) is 0 Å². The van der Waals surface area contributed by atoms with Gasteiger partial charge in [0.15, 0.2) is 0 Å². The molecule has 0 N–H and O–H groups in total. The summed E-state index contributed by atoms with van der Waals surface area (Å²) in [6.45, 7) is 3.47. The number of pyridine rings is 1. The first-order chi connectivity index (χ1) is 11.9. The van der Waals surface area contributed by atoms with Gasteiger partial charge in [-0.15, -0.1) is 0 Å². The molecule has 0 aliphatic carbocycles. The third-order valence-electron chi connectivity index (χ3n) is 4.09. The Labute approximate surface area is 148 Å². The minimum absolute atomic E-state index is 0.0700. The molecule has 0 saturated carbocycles. The summed E-state index contributed by atoms with van der Waals surface area (Å²) in [6.07, 6.45) is 3.72. The van der Waals surface area contributed by atoms with E-state index in [4.69, 9.17) is 0 Å². The number of nitrogens with zero attached hydrogens (tertiary/aromatic N) is 4. The quantitative estimate of drug-likeness (QED) is 0.719. The van der Waals surface area contributed by atoms with Gasteiger partial charge in [-0.3, -0.25) is 4.79 Å². The van der Waals surface area contributed by atoms with E-state index in [0.717, 1.165) is 23.3 Å². The molecule has 0 aliphatic rings. The predicted molar refractivity (Wildman–Crippen MR) is 99.6 cm³/mol. The summed E-state index contributed by atoms with van der Waals surface area (Å²) in [6, 6.07) is 12.3. The van der Waals surface area contributed by atoms with Gasteiger partial charge in [0, 0.05) is 32.5 Å². The van der Waals surface area contributed by atoms with Crippen molar-refractivity contribution in [2.75, 3.05) is 21.1 Å². The Hall–Kier alpha value is -2.66. The third kappa shape index (κ3) is 4.06. The van der Waals surface area contributed by atoms with E-state index in [1.54, 1.807) is 11.1 Å². The lowest BCUT2D eigenvalue weighted by atomic mass is 10.1. The average Bonchev–Trinajstić information content (AvgIpc) is 2.96. The number of carbonyl (C=O) groups excluding carboxylic acids is 1. The van der Waals surface area contributed by atoms with Gasteiger partial charge < -0.3 is 14.2 Å². The van der Waals surface area contributed by atoms with Gasteiger partial charge in [-0.1, -0.05) is 24.3 Å². The molecule has 3 rings (SSSR count). The zero-order valence-corrected chi connectivity index (χ0v) is 15.2. The molecule has 0 unspecified atom stereocenters. The first-order valence-corrected chi connectivity index (χ1v) is 8.36. The van der Waals surface area contributed by atoms with Gasteiger partial charge in [-0.05, 0) is 49.8 Å². The molecule has 3 aromatic rings. The highest BCUT2D eigenvalue weighted by atomic mass is 16.2. The first-order valence-electron chi connectivity index (χ1n) is 8.36. The maximum atomic E-state index is 12.7. The molecule has 0 atom stereocenters.